The van der Waals surface area contributed by atoms with Gasteiger partial charge in [-0.25, -0.2) is 4.98 Å². The summed E-state index contributed by atoms with van der Waals surface area (Å²) in [7, 11) is 0. The second-order valence-corrected chi connectivity index (χ2v) is 9.00. The van der Waals surface area contributed by atoms with Crippen molar-refractivity contribution in [1.82, 2.24) is 10.3 Å². The standard InChI is InChI=1S/C22H30N2OS/c1-4-22(2,3)17-10-12-18(13-11-17)23-20(25)14-19-15-26-21(24-19)16-8-6-5-7-9-16/h5-9,15,17-18H,4,10-14H2,1-3H3,(H,23,25). The molecule has 0 spiro atoms. The van der Waals surface area contributed by atoms with Gasteiger partial charge in [0.2, 0.25) is 5.91 Å². The summed E-state index contributed by atoms with van der Waals surface area (Å²) in [5.41, 5.74) is 2.40. The first kappa shape index (κ1) is 19.1. The molecule has 2 aromatic rings. The first-order chi connectivity index (χ1) is 12.5. The number of aromatic nitrogens is 1. The minimum absolute atomic E-state index is 0.105. The fourth-order valence-electron chi connectivity index (χ4n) is 3.85. The summed E-state index contributed by atoms with van der Waals surface area (Å²) < 4.78 is 0. The number of amides is 1. The summed E-state index contributed by atoms with van der Waals surface area (Å²) in [5, 5.41) is 6.22. The van der Waals surface area contributed by atoms with E-state index in [4.69, 9.17) is 0 Å². The number of benzene rings is 1. The van der Waals surface area contributed by atoms with E-state index in [0.717, 1.165) is 35.0 Å². The summed E-state index contributed by atoms with van der Waals surface area (Å²) in [4.78, 5) is 17.0. The highest BCUT2D eigenvalue weighted by Gasteiger charge is 2.32. The van der Waals surface area contributed by atoms with Crippen LogP contribution in [0.2, 0.25) is 0 Å². The highest BCUT2D eigenvalue weighted by Crippen LogP contribution is 2.40. The van der Waals surface area contributed by atoms with Crippen LogP contribution in [0, 0.1) is 11.3 Å². The molecule has 0 aliphatic heterocycles. The van der Waals surface area contributed by atoms with E-state index in [0.29, 0.717) is 17.9 Å². The van der Waals surface area contributed by atoms with Crippen LogP contribution in [0.3, 0.4) is 0 Å². The lowest BCUT2D eigenvalue weighted by atomic mass is 9.69. The van der Waals surface area contributed by atoms with Gasteiger partial charge in [-0.3, -0.25) is 4.79 Å². The van der Waals surface area contributed by atoms with Gasteiger partial charge in [0.05, 0.1) is 12.1 Å². The van der Waals surface area contributed by atoms with Crippen LogP contribution in [0.1, 0.15) is 58.6 Å². The normalized spacial score (nSPS) is 20.7. The van der Waals surface area contributed by atoms with E-state index in [2.05, 4.69) is 43.2 Å². The molecule has 4 heteroatoms. The third-order valence-corrected chi connectivity index (χ3v) is 6.96. The van der Waals surface area contributed by atoms with Crippen LogP contribution in [-0.4, -0.2) is 16.9 Å². The van der Waals surface area contributed by atoms with Crippen LogP contribution < -0.4 is 5.32 Å². The zero-order valence-electron chi connectivity index (χ0n) is 16.1. The van der Waals surface area contributed by atoms with E-state index >= 15 is 0 Å². The molecule has 1 aliphatic rings. The monoisotopic (exact) mass is 370 g/mol. The molecule has 26 heavy (non-hydrogen) atoms. The van der Waals surface area contributed by atoms with Gasteiger partial charge in [-0.1, -0.05) is 57.5 Å². The fraction of sp³-hybridized carbons (Fsp3) is 0.545. The van der Waals surface area contributed by atoms with Crippen molar-refractivity contribution >= 4 is 17.2 Å². The second-order valence-electron chi connectivity index (χ2n) is 8.14. The van der Waals surface area contributed by atoms with Gasteiger partial charge in [0.15, 0.2) is 0 Å². The van der Waals surface area contributed by atoms with Crippen molar-refractivity contribution < 1.29 is 4.79 Å². The molecule has 0 radical (unpaired) electrons. The Bertz CT molecular complexity index is 715. The summed E-state index contributed by atoms with van der Waals surface area (Å²) >= 11 is 1.61. The van der Waals surface area contributed by atoms with E-state index in [-0.39, 0.29) is 5.91 Å². The molecule has 1 aliphatic carbocycles. The van der Waals surface area contributed by atoms with E-state index in [1.165, 1.54) is 19.3 Å². The Kier molecular flexibility index (Phi) is 6.13. The van der Waals surface area contributed by atoms with Crippen molar-refractivity contribution in [3.8, 4) is 10.6 Å². The molecular formula is C22H30N2OS. The Balaban J connectivity index is 1.49. The van der Waals surface area contributed by atoms with Crippen LogP contribution in [-0.2, 0) is 11.2 Å². The number of thiazole rings is 1. The molecule has 1 heterocycles. The van der Waals surface area contributed by atoms with Gasteiger partial charge in [-0.2, -0.15) is 0 Å². The number of rotatable bonds is 6. The van der Waals surface area contributed by atoms with E-state index in [9.17, 15) is 4.79 Å². The van der Waals surface area contributed by atoms with Crippen LogP contribution in [0.25, 0.3) is 10.6 Å². The molecule has 0 unspecified atom stereocenters. The Morgan fingerprint density at radius 3 is 2.54 bits per heavy atom. The number of nitrogens with zero attached hydrogens (tertiary/aromatic N) is 1. The first-order valence-electron chi connectivity index (χ1n) is 9.77. The van der Waals surface area contributed by atoms with Crippen molar-refractivity contribution in [2.24, 2.45) is 11.3 Å². The lowest BCUT2D eigenvalue weighted by molar-refractivity contribution is -0.121. The van der Waals surface area contributed by atoms with Crippen LogP contribution in [0.5, 0.6) is 0 Å². The highest BCUT2D eigenvalue weighted by atomic mass is 32.1. The van der Waals surface area contributed by atoms with Gasteiger partial charge in [0, 0.05) is 17.0 Å². The SMILES string of the molecule is CCC(C)(C)C1CCC(NC(=O)Cc2csc(-c3ccccc3)n2)CC1. The van der Waals surface area contributed by atoms with Crippen molar-refractivity contribution in [2.45, 2.75) is 65.3 Å². The molecule has 3 nitrogen and oxygen atoms in total. The first-order valence-corrected chi connectivity index (χ1v) is 10.6. The molecular weight excluding hydrogens is 340 g/mol. The topological polar surface area (TPSA) is 42.0 Å². The maximum Gasteiger partial charge on any atom is 0.226 e. The number of hydrogen-bond donors (Lipinski definition) is 1. The molecule has 0 saturated heterocycles. The minimum atomic E-state index is 0.105. The average Bonchev–Trinajstić information content (AvgIpc) is 3.11. The summed E-state index contributed by atoms with van der Waals surface area (Å²) in [5.74, 6) is 0.890. The van der Waals surface area contributed by atoms with Gasteiger partial charge in [-0.05, 0) is 37.0 Å². The summed E-state index contributed by atoms with van der Waals surface area (Å²) in [6.07, 6.45) is 6.26. The average molecular weight is 371 g/mol. The third-order valence-electron chi connectivity index (χ3n) is 6.02. The number of carbonyl (C=O) groups excluding carboxylic acids is 1. The molecule has 1 aromatic carbocycles. The summed E-state index contributed by atoms with van der Waals surface area (Å²) in [6.45, 7) is 7.04. The van der Waals surface area contributed by atoms with Gasteiger partial charge in [-0.15, -0.1) is 11.3 Å². The Morgan fingerprint density at radius 2 is 1.88 bits per heavy atom. The van der Waals surface area contributed by atoms with Gasteiger partial charge in [0.1, 0.15) is 5.01 Å². The lowest BCUT2D eigenvalue weighted by Crippen LogP contribution is -2.40. The molecule has 0 atom stereocenters. The zero-order chi connectivity index (χ0) is 18.6. The van der Waals surface area contributed by atoms with Crippen molar-refractivity contribution in [2.75, 3.05) is 0 Å². The predicted octanol–water partition coefficient (Wildman–Crippen LogP) is 5.46. The zero-order valence-corrected chi connectivity index (χ0v) is 16.9. The van der Waals surface area contributed by atoms with Crippen LogP contribution in [0.15, 0.2) is 35.7 Å². The molecule has 3 rings (SSSR count). The third kappa shape index (κ3) is 4.73. The molecule has 0 bridgehead atoms. The van der Waals surface area contributed by atoms with Crippen molar-refractivity contribution in [1.29, 1.82) is 0 Å². The Hall–Kier alpha value is -1.68. The molecule has 140 valence electrons. The van der Waals surface area contributed by atoms with E-state index in [1.807, 2.05) is 23.6 Å². The predicted molar refractivity (Wildman–Crippen MR) is 109 cm³/mol. The van der Waals surface area contributed by atoms with E-state index < -0.39 is 0 Å². The molecule has 1 saturated carbocycles. The van der Waals surface area contributed by atoms with Crippen molar-refractivity contribution in [3.05, 3.63) is 41.4 Å². The number of hydrogen-bond acceptors (Lipinski definition) is 3. The Morgan fingerprint density at radius 1 is 1.19 bits per heavy atom. The lowest BCUT2D eigenvalue weighted by Gasteiger charge is -2.39. The maximum atomic E-state index is 12.4. The molecule has 1 N–H and O–H groups in total. The van der Waals surface area contributed by atoms with Crippen molar-refractivity contribution in [3.63, 3.8) is 0 Å². The van der Waals surface area contributed by atoms with Gasteiger partial charge in [0.25, 0.3) is 0 Å². The maximum absolute atomic E-state index is 12.4. The number of carbonyl (C=O) groups is 1. The second kappa shape index (κ2) is 8.34. The molecule has 1 fully saturated rings. The fourth-order valence-corrected chi connectivity index (χ4v) is 4.68. The highest BCUT2D eigenvalue weighted by molar-refractivity contribution is 7.13. The van der Waals surface area contributed by atoms with Gasteiger partial charge < -0.3 is 5.32 Å². The Labute approximate surface area is 161 Å². The molecule has 1 aromatic heterocycles. The number of nitrogens with one attached hydrogen (secondary N) is 1. The van der Waals surface area contributed by atoms with Gasteiger partial charge >= 0.3 is 0 Å². The summed E-state index contributed by atoms with van der Waals surface area (Å²) in [6, 6.07) is 10.5. The van der Waals surface area contributed by atoms with E-state index in [1.54, 1.807) is 11.3 Å². The minimum Gasteiger partial charge on any atom is -0.353 e. The van der Waals surface area contributed by atoms with Crippen LogP contribution in [0.4, 0.5) is 0 Å². The molecule has 1 amide bonds. The van der Waals surface area contributed by atoms with Crippen LogP contribution >= 0.6 is 11.3 Å². The quantitative estimate of drug-likeness (QED) is 0.733. The largest absolute Gasteiger partial charge is 0.353 e. The smallest absolute Gasteiger partial charge is 0.226 e.